The topological polar surface area (TPSA) is 176 Å². The second-order valence-corrected chi connectivity index (χ2v) is 8.69. The van der Waals surface area contributed by atoms with Gasteiger partial charge in [-0.05, 0) is 30.2 Å². The van der Waals surface area contributed by atoms with Crippen molar-refractivity contribution in [3.05, 3.63) is 68.3 Å². The molecule has 2 aromatic rings. The molecule has 2 aromatic carbocycles. The van der Waals surface area contributed by atoms with Crippen molar-refractivity contribution in [3.8, 4) is 5.75 Å². The van der Waals surface area contributed by atoms with Crippen LogP contribution in [0.2, 0.25) is 0 Å². The fourth-order valence-corrected chi connectivity index (χ4v) is 3.82. The van der Waals surface area contributed by atoms with Crippen LogP contribution in [0, 0.1) is 20.2 Å². The molecule has 1 unspecified atom stereocenters. The van der Waals surface area contributed by atoms with E-state index in [9.17, 15) is 40.0 Å². The van der Waals surface area contributed by atoms with Gasteiger partial charge in [0.1, 0.15) is 11.4 Å². The fourth-order valence-electron chi connectivity index (χ4n) is 3.82. The number of phenolic OH excluding ortho intramolecular Hbond substituents is 1. The summed E-state index contributed by atoms with van der Waals surface area (Å²) in [4.78, 5) is 46.5. The van der Waals surface area contributed by atoms with E-state index in [4.69, 9.17) is 0 Å². The van der Waals surface area contributed by atoms with Gasteiger partial charge in [-0.25, -0.2) is 9.80 Å². The third-order valence-corrected chi connectivity index (χ3v) is 5.85. The van der Waals surface area contributed by atoms with Crippen LogP contribution < -0.4 is 5.43 Å². The number of aromatic hydroxyl groups is 1. The summed E-state index contributed by atoms with van der Waals surface area (Å²) in [6.07, 6.45) is 6.49. The first-order valence-corrected chi connectivity index (χ1v) is 12.2. The van der Waals surface area contributed by atoms with Gasteiger partial charge in [-0.3, -0.25) is 30.4 Å². The van der Waals surface area contributed by atoms with Crippen molar-refractivity contribution in [1.29, 1.82) is 0 Å². The number of non-ortho nitro benzene ring substituents is 1. The van der Waals surface area contributed by atoms with E-state index < -0.39 is 39.1 Å². The van der Waals surface area contributed by atoms with Gasteiger partial charge in [-0.2, -0.15) is 0 Å². The number of carbonyl (C=O) groups excluding carboxylic acids is 1. The first kappa shape index (κ1) is 29.0. The Kier molecular flexibility index (Phi) is 11.3. The minimum absolute atomic E-state index is 0.0119. The SMILES string of the molecule is CCCCCCCCCC(=O)N(Nc1ccc([N+](=O)[O-])cc1[N+](=O)[O-])C(Cc1ccc(O)cc1)C(=O)O. The molecule has 3 N–H and O–H groups in total. The normalized spacial score (nSPS) is 11.5. The highest BCUT2D eigenvalue weighted by atomic mass is 16.6. The number of carboxylic acid groups (broad SMARTS) is 1. The number of benzene rings is 2. The highest BCUT2D eigenvalue weighted by Gasteiger charge is 2.32. The number of amides is 1. The third kappa shape index (κ3) is 9.06. The average Bonchev–Trinajstić information content (AvgIpc) is 2.86. The number of nitrogens with zero attached hydrogens (tertiary/aromatic N) is 3. The zero-order valence-corrected chi connectivity index (χ0v) is 20.7. The summed E-state index contributed by atoms with van der Waals surface area (Å²) in [5.41, 5.74) is 1.64. The Morgan fingerprint density at radius 1 is 0.946 bits per heavy atom. The summed E-state index contributed by atoms with van der Waals surface area (Å²) >= 11 is 0. The summed E-state index contributed by atoms with van der Waals surface area (Å²) in [6.45, 7) is 2.12. The Hall–Kier alpha value is -4.22. The number of hydrogen-bond acceptors (Lipinski definition) is 8. The quantitative estimate of drug-likeness (QED) is 0.154. The van der Waals surface area contributed by atoms with Gasteiger partial charge in [0.15, 0.2) is 6.04 Å². The number of unbranched alkanes of at least 4 members (excludes halogenated alkanes) is 6. The molecule has 0 fully saturated rings. The Morgan fingerprint density at radius 2 is 1.57 bits per heavy atom. The highest BCUT2D eigenvalue weighted by Crippen LogP contribution is 2.30. The van der Waals surface area contributed by atoms with Crippen LogP contribution in [0.25, 0.3) is 0 Å². The maximum atomic E-state index is 13.2. The zero-order valence-electron chi connectivity index (χ0n) is 20.7. The van der Waals surface area contributed by atoms with Crippen molar-refractivity contribution >= 4 is 28.9 Å². The van der Waals surface area contributed by atoms with Gasteiger partial charge >= 0.3 is 11.7 Å². The number of hydrazine groups is 1. The summed E-state index contributed by atoms with van der Waals surface area (Å²) in [5.74, 6) is -1.94. The summed E-state index contributed by atoms with van der Waals surface area (Å²) < 4.78 is 0. The molecule has 0 saturated heterocycles. The van der Waals surface area contributed by atoms with E-state index in [1.54, 1.807) is 0 Å². The van der Waals surface area contributed by atoms with Crippen LogP contribution in [0.3, 0.4) is 0 Å². The van der Waals surface area contributed by atoms with Gasteiger partial charge in [-0.15, -0.1) is 0 Å². The number of rotatable bonds is 16. The fraction of sp³-hybridized carbons (Fsp3) is 0.440. The van der Waals surface area contributed by atoms with Gasteiger partial charge in [-0.1, -0.05) is 57.6 Å². The number of aliphatic carboxylic acids is 1. The van der Waals surface area contributed by atoms with E-state index in [0.29, 0.717) is 12.0 Å². The monoisotopic (exact) mass is 516 g/mol. The molecule has 12 nitrogen and oxygen atoms in total. The highest BCUT2D eigenvalue weighted by molar-refractivity contribution is 5.85. The van der Waals surface area contributed by atoms with E-state index in [2.05, 4.69) is 12.3 Å². The average molecular weight is 517 g/mol. The van der Waals surface area contributed by atoms with Crippen LogP contribution in [0.4, 0.5) is 17.1 Å². The Bertz CT molecular complexity index is 1090. The largest absolute Gasteiger partial charge is 0.508 e. The van der Waals surface area contributed by atoms with Crippen molar-refractivity contribution in [1.82, 2.24) is 5.01 Å². The smallest absolute Gasteiger partial charge is 0.328 e. The molecule has 12 heteroatoms. The molecule has 200 valence electrons. The Labute approximate surface area is 214 Å². The first-order chi connectivity index (χ1) is 17.6. The number of nitro benzene ring substituents is 2. The van der Waals surface area contributed by atoms with E-state index in [-0.39, 0.29) is 24.3 Å². The number of carbonyl (C=O) groups is 2. The molecule has 0 heterocycles. The molecule has 0 aliphatic carbocycles. The molecule has 0 saturated carbocycles. The predicted molar refractivity (Wildman–Crippen MR) is 136 cm³/mol. The minimum Gasteiger partial charge on any atom is -0.508 e. The maximum absolute atomic E-state index is 13.2. The Balaban J connectivity index is 2.31. The number of hydrogen-bond donors (Lipinski definition) is 3. The lowest BCUT2D eigenvalue weighted by atomic mass is 10.0. The van der Waals surface area contributed by atoms with Crippen LogP contribution >= 0.6 is 0 Å². The van der Waals surface area contributed by atoms with Crippen molar-refractivity contribution in [2.75, 3.05) is 5.43 Å². The van der Waals surface area contributed by atoms with Gasteiger partial charge in [0.2, 0.25) is 5.91 Å². The van der Waals surface area contributed by atoms with Crippen LogP contribution in [0.5, 0.6) is 5.75 Å². The lowest BCUT2D eigenvalue weighted by Crippen LogP contribution is -2.49. The van der Waals surface area contributed by atoms with Gasteiger partial charge in [0, 0.05) is 18.9 Å². The molecular formula is C25H32N4O8. The molecular weight excluding hydrogens is 484 g/mol. The van der Waals surface area contributed by atoms with Crippen molar-refractivity contribution < 1.29 is 29.6 Å². The summed E-state index contributed by atoms with van der Waals surface area (Å²) in [6, 6.07) is 7.19. The summed E-state index contributed by atoms with van der Waals surface area (Å²) in [7, 11) is 0. The molecule has 37 heavy (non-hydrogen) atoms. The molecule has 1 amide bonds. The second kappa shape index (κ2) is 14.4. The molecule has 0 spiro atoms. The van der Waals surface area contributed by atoms with E-state index in [0.717, 1.165) is 61.7 Å². The van der Waals surface area contributed by atoms with Crippen LogP contribution in [0.15, 0.2) is 42.5 Å². The van der Waals surface area contributed by atoms with E-state index >= 15 is 0 Å². The molecule has 0 aliphatic rings. The van der Waals surface area contributed by atoms with Gasteiger partial charge in [0.25, 0.3) is 5.69 Å². The zero-order chi connectivity index (χ0) is 27.4. The molecule has 2 rings (SSSR count). The van der Waals surface area contributed by atoms with Crippen LogP contribution in [0.1, 0.15) is 63.9 Å². The Morgan fingerprint density at radius 3 is 2.14 bits per heavy atom. The predicted octanol–water partition coefficient (Wildman–Crippen LogP) is 5.20. The molecule has 0 aromatic heterocycles. The summed E-state index contributed by atoms with van der Waals surface area (Å²) in [5, 5.41) is 43.0. The number of nitro groups is 2. The first-order valence-electron chi connectivity index (χ1n) is 12.2. The second-order valence-electron chi connectivity index (χ2n) is 8.69. The van der Waals surface area contributed by atoms with Crippen LogP contribution in [-0.4, -0.2) is 43.0 Å². The number of carboxylic acids is 1. The molecule has 0 aliphatic heterocycles. The number of anilines is 1. The lowest BCUT2D eigenvalue weighted by Gasteiger charge is -2.30. The molecule has 0 bridgehead atoms. The maximum Gasteiger partial charge on any atom is 0.328 e. The van der Waals surface area contributed by atoms with Gasteiger partial charge in [0.05, 0.1) is 15.9 Å². The third-order valence-electron chi connectivity index (χ3n) is 5.85. The number of nitrogens with one attached hydrogen (secondary N) is 1. The van der Waals surface area contributed by atoms with Crippen LogP contribution in [-0.2, 0) is 16.0 Å². The van der Waals surface area contributed by atoms with Gasteiger partial charge < -0.3 is 10.2 Å². The van der Waals surface area contributed by atoms with E-state index in [1.807, 2.05) is 0 Å². The minimum atomic E-state index is -1.45. The van der Waals surface area contributed by atoms with Crippen molar-refractivity contribution in [2.45, 2.75) is 70.8 Å². The standard InChI is InChI=1S/C25H32N4O8/c1-2-3-4-5-6-7-8-9-24(31)27(23(25(32)33)16-18-10-13-20(30)14-11-18)26-21-15-12-19(28(34)35)17-22(21)29(36)37/h10-15,17,23,26,30H,2-9,16H2,1H3,(H,32,33). The molecule has 1 atom stereocenters. The van der Waals surface area contributed by atoms with E-state index in [1.165, 1.54) is 24.3 Å². The lowest BCUT2D eigenvalue weighted by molar-refractivity contribution is -0.393. The number of phenols is 1. The molecule has 0 radical (unpaired) electrons. The van der Waals surface area contributed by atoms with Crippen molar-refractivity contribution in [3.63, 3.8) is 0 Å². The van der Waals surface area contributed by atoms with Crippen molar-refractivity contribution in [2.24, 2.45) is 0 Å².